The molecule has 0 spiro atoms. The topological polar surface area (TPSA) is 43.4 Å². The molecule has 0 aliphatic carbocycles. The van der Waals surface area contributed by atoms with E-state index in [9.17, 15) is 21.6 Å². The molecule has 1 rings (SSSR count). The van der Waals surface area contributed by atoms with Crippen molar-refractivity contribution in [1.82, 2.24) is 0 Å². The fraction of sp³-hybridized carbons (Fsp3) is 0.250. The zero-order valence-electron chi connectivity index (χ0n) is 8.18. The minimum Gasteiger partial charge on any atom is -0.494 e. The highest BCUT2D eigenvalue weighted by atomic mass is 35.7. The molecule has 3 nitrogen and oxygen atoms in total. The average Bonchev–Trinajstić information content (AvgIpc) is 2.13. The van der Waals surface area contributed by atoms with Crippen molar-refractivity contribution in [2.45, 2.75) is 11.1 Å². The van der Waals surface area contributed by atoms with Crippen molar-refractivity contribution in [3.63, 3.8) is 0 Å². The molecule has 0 N–H and O–H groups in total. The third-order valence-electron chi connectivity index (χ3n) is 1.80. The van der Waals surface area contributed by atoms with Crippen molar-refractivity contribution < 1.29 is 26.3 Å². The lowest BCUT2D eigenvalue weighted by atomic mass is 10.2. The van der Waals surface area contributed by atoms with E-state index in [4.69, 9.17) is 22.3 Å². The number of rotatable bonds is 2. The predicted molar refractivity (Wildman–Crippen MR) is 56.0 cm³/mol. The quantitative estimate of drug-likeness (QED) is 0.787. The number of methoxy groups -OCH3 is 1. The monoisotopic (exact) mass is 308 g/mol. The number of hydrogen-bond acceptors (Lipinski definition) is 3. The van der Waals surface area contributed by atoms with Gasteiger partial charge in [0.2, 0.25) is 0 Å². The Kier molecular flexibility index (Phi) is 3.85. The molecule has 1 aromatic carbocycles. The van der Waals surface area contributed by atoms with Crippen molar-refractivity contribution >= 4 is 31.3 Å². The Hall–Kier alpha value is -0.660. The van der Waals surface area contributed by atoms with Gasteiger partial charge >= 0.3 is 6.18 Å². The van der Waals surface area contributed by atoms with Crippen LogP contribution in [-0.4, -0.2) is 15.5 Å². The highest BCUT2D eigenvalue weighted by Gasteiger charge is 2.34. The second-order valence-electron chi connectivity index (χ2n) is 2.93. The molecule has 0 unspecified atom stereocenters. The van der Waals surface area contributed by atoms with E-state index in [2.05, 4.69) is 4.74 Å². The van der Waals surface area contributed by atoms with Crippen LogP contribution in [0.4, 0.5) is 13.2 Å². The average molecular weight is 309 g/mol. The van der Waals surface area contributed by atoms with Crippen LogP contribution in [-0.2, 0) is 15.2 Å². The zero-order chi connectivity index (χ0) is 13.4. The number of benzene rings is 1. The minimum atomic E-state index is -4.73. The van der Waals surface area contributed by atoms with E-state index in [0.717, 1.165) is 7.11 Å². The zero-order valence-corrected chi connectivity index (χ0v) is 10.5. The van der Waals surface area contributed by atoms with Gasteiger partial charge in [0.25, 0.3) is 9.05 Å². The molecule has 9 heteroatoms. The number of hydrogen-bond donors (Lipinski definition) is 0. The molecule has 1 aromatic rings. The molecule has 0 radical (unpaired) electrons. The maximum absolute atomic E-state index is 12.4. The summed E-state index contributed by atoms with van der Waals surface area (Å²) in [4.78, 5) is -0.818. The van der Waals surface area contributed by atoms with Gasteiger partial charge in [-0.25, -0.2) is 8.42 Å². The summed E-state index contributed by atoms with van der Waals surface area (Å²) in [5, 5.41) is -0.485. The van der Waals surface area contributed by atoms with E-state index in [1.54, 1.807) is 0 Å². The summed E-state index contributed by atoms with van der Waals surface area (Å²) in [5.74, 6) is -0.422. The van der Waals surface area contributed by atoms with Crippen LogP contribution in [0.3, 0.4) is 0 Å². The van der Waals surface area contributed by atoms with Crippen molar-refractivity contribution in [2.75, 3.05) is 7.11 Å². The maximum atomic E-state index is 12.4. The van der Waals surface area contributed by atoms with Crippen molar-refractivity contribution in [2.24, 2.45) is 0 Å². The van der Waals surface area contributed by atoms with Gasteiger partial charge in [0.05, 0.1) is 17.7 Å². The molecular formula is C8H5Cl2F3O3S. The molecule has 0 bridgehead atoms. The number of halogens is 5. The van der Waals surface area contributed by atoms with E-state index in [1.165, 1.54) is 0 Å². The first kappa shape index (κ1) is 14.4. The normalized spacial score (nSPS) is 12.6. The van der Waals surface area contributed by atoms with Crippen LogP contribution in [0.1, 0.15) is 5.56 Å². The molecule has 0 fully saturated rings. The lowest BCUT2D eigenvalue weighted by Crippen LogP contribution is -2.07. The van der Waals surface area contributed by atoms with Gasteiger partial charge in [-0.1, -0.05) is 11.6 Å². The molecular weight excluding hydrogens is 304 g/mol. The number of ether oxygens (including phenoxy) is 1. The van der Waals surface area contributed by atoms with Crippen LogP contribution in [0.15, 0.2) is 17.0 Å². The van der Waals surface area contributed by atoms with Gasteiger partial charge in [-0.2, -0.15) is 13.2 Å². The largest absolute Gasteiger partial charge is 0.494 e. The fourth-order valence-corrected chi connectivity index (χ4v) is 2.49. The van der Waals surface area contributed by atoms with E-state index in [1.807, 2.05) is 0 Å². The molecule has 0 atom stereocenters. The van der Waals surface area contributed by atoms with E-state index < -0.39 is 36.5 Å². The first-order valence-electron chi connectivity index (χ1n) is 3.96. The Morgan fingerprint density at radius 3 is 2.18 bits per heavy atom. The summed E-state index contributed by atoms with van der Waals surface area (Å²) in [6.07, 6.45) is -4.73. The van der Waals surface area contributed by atoms with Crippen LogP contribution in [0, 0.1) is 0 Å². The smallest absolute Gasteiger partial charge is 0.416 e. The third-order valence-corrected chi connectivity index (χ3v) is 3.41. The molecule has 17 heavy (non-hydrogen) atoms. The van der Waals surface area contributed by atoms with E-state index in [0.29, 0.717) is 12.1 Å². The Labute approximate surface area is 105 Å². The summed E-state index contributed by atoms with van der Waals surface area (Å²) in [6, 6.07) is 0.930. The number of alkyl halides is 3. The molecule has 0 aromatic heterocycles. The Balaban J connectivity index is 3.63. The Bertz CT molecular complexity index is 540. The summed E-state index contributed by atoms with van der Waals surface area (Å²) in [5.41, 5.74) is -1.22. The van der Waals surface area contributed by atoms with Crippen LogP contribution in [0.25, 0.3) is 0 Å². The predicted octanol–water partition coefficient (Wildman–Crippen LogP) is 3.29. The fourth-order valence-electron chi connectivity index (χ4n) is 1.11. The van der Waals surface area contributed by atoms with Gasteiger partial charge in [0.15, 0.2) is 5.75 Å². The van der Waals surface area contributed by atoms with Crippen LogP contribution < -0.4 is 4.74 Å². The second-order valence-corrected chi connectivity index (χ2v) is 5.87. The van der Waals surface area contributed by atoms with Crippen molar-refractivity contribution in [3.05, 3.63) is 22.7 Å². The van der Waals surface area contributed by atoms with Gasteiger partial charge in [0.1, 0.15) is 4.90 Å². The summed E-state index contributed by atoms with van der Waals surface area (Å²) < 4.78 is 64.1. The lowest BCUT2D eigenvalue weighted by molar-refractivity contribution is -0.137. The highest BCUT2D eigenvalue weighted by molar-refractivity contribution is 8.13. The van der Waals surface area contributed by atoms with Gasteiger partial charge in [-0.3, -0.25) is 0 Å². The van der Waals surface area contributed by atoms with Gasteiger partial charge in [0, 0.05) is 10.7 Å². The standard InChI is InChI=1S/C8H5Cl2F3O3S/c1-16-7-5(9)2-4(8(11,12)13)3-6(7)17(10,14)15/h2-3H,1H3. The van der Waals surface area contributed by atoms with Crippen LogP contribution in [0.2, 0.25) is 5.02 Å². The Morgan fingerprint density at radius 2 is 1.82 bits per heavy atom. The van der Waals surface area contributed by atoms with Crippen molar-refractivity contribution in [1.29, 1.82) is 0 Å². The van der Waals surface area contributed by atoms with Crippen molar-refractivity contribution in [3.8, 4) is 5.75 Å². The Morgan fingerprint density at radius 1 is 1.29 bits per heavy atom. The SMILES string of the molecule is COc1c(Cl)cc(C(F)(F)F)cc1S(=O)(=O)Cl. The summed E-state index contributed by atoms with van der Waals surface area (Å²) in [7, 11) is 1.68. The summed E-state index contributed by atoms with van der Waals surface area (Å²) >= 11 is 5.50. The van der Waals surface area contributed by atoms with Crippen LogP contribution >= 0.6 is 22.3 Å². The minimum absolute atomic E-state index is 0.368. The van der Waals surface area contributed by atoms with Crippen LogP contribution in [0.5, 0.6) is 5.75 Å². The van der Waals surface area contributed by atoms with Gasteiger partial charge in [-0.05, 0) is 12.1 Å². The molecule has 0 amide bonds. The molecule has 0 heterocycles. The first-order valence-corrected chi connectivity index (χ1v) is 6.65. The van der Waals surface area contributed by atoms with Gasteiger partial charge in [-0.15, -0.1) is 0 Å². The maximum Gasteiger partial charge on any atom is 0.416 e. The van der Waals surface area contributed by atoms with Gasteiger partial charge < -0.3 is 4.74 Å². The molecule has 0 aliphatic heterocycles. The molecule has 0 saturated carbocycles. The highest BCUT2D eigenvalue weighted by Crippen LogP contribution is 2.40. The molecule has 0 aliphatic rings. The lowest BCUT2D eigenvalue weighted by Gasteiger charge is -2.12. The molecule has 96 valence electrons. The molecule has 0 saturated heterocycles. The second kappa shape index (κ2) is 4.55. The van der Waals surface area contributed by atoms with E-state index in [-0.39, 0.29) is 0 Å². The third kappa shape index (κ3) is 3.17. The summed E-state index contributed by atoms with van der Waals surface area (Å²) in [6.45, 7) is 0. The first-order chi connectivity index (χ1) is 7.57. The van der Waals surface area contributed by atoms with E-state index >= 15 is 0 Å².